The van der Waals surface area contributed by atoms with Crippen molar-refractivity contribution in [1.29, 1.82) is 0 Å². The first-order valence-electron chi connectivity index (χ1n) is 6.24. The highest BCUT2D eigenvalue weighted by Gasteiger charge is 2.19. The zero-order valence-corrected chi connectivity index (χ0v) is 11.0. The normalized spacial score (nSPS) is 17.2. The van der Waals surface area contributed by atoms with Crippen molar-refractivity contribution in [2.75, 3.05) is 30.5 Å². The van der Waals surface area contributed by atoms with Crippen molar-refractivity contribution in [2.45, 2.75) is 19.8 Å². The van der Waals surface area contributed by atoms with Crippen LogP contribution in [0.25, 0.3) is 0 Å². The van der Waals surface area contributed by atoms with Crippen LogP contribution in [-0.4, -0.2) is 30.6 Å². The molecule has 0 aromatic carbocycles. The smallest absolute Gasteiger partial charge is 0.215 e. The van der Waals surface area contributed by atoms with E-state index in [4.69, 9.17) is 16.3 Å². The fourth-order valence-electron chi connectivity index (χ4n) is 2.12. The van der Waals surface area contributed by atoms with E-state index in [1.54, 1.807) is 0 Å². The van der Waals surface area contributed by atoms with Crippen molar-refractivity contribution in [3.63, 3.8) is 0 Å². The molecule has 17 heavy (non-hydrogen) atoms. The summed E-state index contributed by atoms with van der Waals surface area (Å²) in [5, 5.41) is 0. The maximum atomic E-state index is 5.89. The third-order valence-electron chi connectivity index (χ3n) is 3.16. The Morgan fingerprint density at radius 2 is 2.18 bits per heavy atom. The van der Waals surface area contributed by atoms with Gasteiger partial charge >= 0.3 is 0 Å². The number of ether oxygens (including phenoxy) is 1. The molecule has 0 aliphatic carbocycles. The SMILES string of the molecule is CCOc1cccc(N2CCC(CCl)CC2)n1. The monoisotopic (exact) mass is 254 g/mol. The minimum absolute atomic E-state index is 0.658. The number of anilines is 1. The van der Waals surface area contributed by atoms with Gasteiger partial charge < -0.3 is 9.64 Å². The van der Waals surface area contributed by atoms with Gasteiger partial charge in [-0.2, -0.15) is 4.98 Å². The van der Waals surface area contributed by atoms with E-state index in [9.17, 15) is 0 Å². The van der Waals surface area contributed by atoms with E-state index in [1.807, 2.05) is 25.1 Å². The lowest BCUT2D eigenvalue weighted by Crippen LogP contribution is -2.34. The van der Waals surface area contributed by atoms with Crippen LogP contribution < -0.4 is 9.64 Å². The molecule has 3 nitrogen and oxygen atoms in total. The van der Waals surface area contributed by atoms with Crippen molar-refractivity contribution < 1.29 is 4.74 Å². The fraction of sp³-hybridized carbons (Fsp3) is 0.615. The molecular weight excluding hydrogens is 236 g/mol. The van der Waals surface area contributed by atoms with Crippen molar-refractivity contribution in [3.05, 3.63) is 18.2 Å². The Labute approximate surface area is 108 Å². The van der Waals surface area contributed by atoms with Gasteiger partial charge in [-0.25, -0.2) is 0 Å². The third kappa shape index (κ3) is 3.25. The molecule has 0 spiro atoms. The second kappa shape index (κ2) is 6.10. The topological polar surface area (TPSA) is 25.4 Å². The highest BCUT2D eigenvalue weighted by molar-refractivity contribution is 6.18. The van der Waals surface area contributed by atoms with Gasteiger partial charge in [0.15, 0.2) is 0 Å². The number of alkyl halides is 1. The average Bonchev–Trinajstić information content (AvgIpc) is 2.40. The summed E-state index contributed by atoms with van der Waals surface area (Å²) < 4.78 is 5.42. The van der Waals surface area contributed by atoms with E-state index in [0.717, 1.165) is 37.6 Å². The predicted molar refractivity (Wildman–Crippen MR) is 71.1 cm³/mol. The van der Waals surface area contributed by atoms with Gasteiger partial charge in [-0.3, -0.25) is 0 Å². The van der Waals surface area contributed by atoms with Crippen LogP contribution in [0, 0.1) is 5.92 Å². The molecule has 1 aromatic heterocycles. The van der Waals surface area contributed by atoms with Gasteiger partial charge in [0, 0.05) is 25.0 Å². The predicted octanol–water partition coefficient (Wildman–Crippen LogP) is 2.94. The van der Waals surface area contributed by atoms with Gasteiger partial charge in [-0.1, -0.05) is 6.07 Å². The average molecular weight is 255 g/mol. The van der Waals surface area contributed by atoms with Crippen LogP contribution in [-0.2, 0) is 0 Å². The molecule has 0 unspecified atom stereocenters. The summed E-state index contributed by atoms with van der Waals surface area (Å²) in [5.74, 6) is 3.18. The number of hydrogen-bond acceptors (Lipinski definition) is 3. The lowest BCUT2D eigenvalue weighted by Gasteiger charge is -2.32. The number of pyridine rings is 1. The minimum Gasteiger partial charge on any atom is -0.478 e. The molecule has 4 heteroatoms. The molecule has 0 radical (unpaired) electrons. The van der Waals surface area contributed by atoms with E-state index in [2.05, 4.69) is 9.88 Å². The van der Waals surface area contributed by atoms with E-state index in [0.29, 0.717) is 18.4 Å². The molecule has 1 fully saturated rings. The Bertz CT molecular complexity index is 351. The summed E-state index contributed by atoms with van der Waals surface area (Å²) in [6, 6.07) is 5.95. The van der Waals surface area contributed by atoms with Crippen LogP contribution in [0.5, 0.6) is 5.88 Å². The van der Waals surface area contributed by atoms with Crippen molar-refractivity contribution in [1.82, 2.24) is 4.98 Å². The minimum atomic E-state index is 0.658. The second-order valence-corrected chi connectivity index (χ2v) is 4.66. The quantitative estimate of drug-likeness (QED) is 0.773. The largest absolute Gasteiger partial charge is 0.478 e. The summed E-state index contributed by atoms with van der Waals surface area (Å²) in [4.78, 5) is 6.82. The van der Waals surface area contributed by atoms with E-state index in [1.165, 1.54) is 0 Å². The second-order valence-electron chi connectivity index (χ2n) is 4.35. The Hall–Kier alpha value is -0.960. The van der Waals surface area contributed by atoms with Gasteiger partial charge in [0.1, 0.15) is 5.82 Å². The number of rotatable bonds is 4. The summed E-state index contributed by atoms with van der Waals surface area (Å²) in [6.45, 7) is 4.71. The summed E-state index contributed by atoms with van der Waals surface area (Å²) in [5.41, 5.74) is 0. The Kier molecular flexibility index (Phi) is 4.49. The van der Waals surface area contributed by atoms with Crippen LogP contribution in [0.1, 0.15) is 19.8 Å². The molecule has 0 saturated carbocycles. The van der Waals surface area contributed by atoms with E-state index >= 15 is 0 Å². The molecule has 0 bridgehead atoms. The molecule has 1 aliphatic heterocycles. The molecule has 1 saturated heterocycles. The Morgan fingerprint density at radius 3 is 2.82 bits per heavy atom. The lowest BCUT2D eigenvalue weighted by molar-refractivity contribution is 0.326. The zero-order chi connectivity index (χ0) is 12.1. The first-order valence-corrected chi connectivity index (χ1v) is 6.77. The van der Waals surface area contributed by atoms with Gasteiger partial charge in [0.05, 0.1) is 6.61 Å². The number of piperidine rings is 1. The van der Waals surface area contributed by atoms with Crippen molar-refractivity contribution in [3.8, 4) is 5.88 Å². The lowest BCUT2D eigenvalue weighted by atomic mass is 9.99. The van der Waals surface area contributed by atoms with E-state index < -0.39 is 0 Å². The van der Waals surface area contributed by atoms with Crippen LogP contribution >= 0.6 is 11.6 Å². The number of nitrogens with zero attached hydrogens (tertiary/aromatic N) is 2. The Balaban J connectivity index is 2.00. The number of aromatic nitrogens is 1. The van der Waals surface area contributed by atoms with Crippen molar-refractivity contribution >= 4 is 17.4 Å². The van der Waals surface area contributed by atoms with Gasteiger partial charge in [0.2, 0.25) is 5.88 Å². The molecule has 2 heterocycles. The first-order chi connectivity index (χ1) is 8.33. The van der Waals surface area contributed by atoms with Crippen LogP contribution in [0.3, 0.4) is 0 Å². The standard InChI is InChI=1S/C13H19ClN2O/c1-2-17-13-5-3-4-12(15-13)16-8-6-11(10-14)7-9-16/h3-5,11H,2,6-10H2,1H3. The van der Waals surface area contributed by atoms with Gasteiger partial charge in [-0.05, 0) is 31.7 Å². The number of hydrogen-bond donors (Lipinski definition) is 0. The van der Waals surface area contributed by atoms with E-state index in [-0.39, 0.29) is 0 Å². The van der Waals surface area contributed by atoms with Crippen LogP contribution in [0.15, 0.2) is 18.2 Å². The first kappa shape index (κ1) is 12.5. The summed E-state index contributed by atoms with van der Waals surface area (Å²) in [6.07, 6.45) is 2.31. The highest BCUT2D eigenvalue weighted by atomic mass is 35.5. The Morgan fingerprint density at radius 1 is 1.41 bits per heavy atom. The van der Waals surface area contributed by atoms with Crippen LogP contribution in [0.4, 0.5) is 5.82 Å². The molecular formula is C13H19ClN2O. The molecule has 0 amide bonds. The van der Waals surface area contributed by atoms with Gasteiger partial charge in [0.25, 0.3) is 0 Å². The van der Waals surface area contributed by atoms with Crippen LogP contribution in [0.2, 0.25) is 0 Å². The zero-order valence-electron chi connectivity index (χ0n) is 10.2. The maximum Gasteiger partial charge on any atom is 0.215 e. The molecule has 1 aliphatic rings. The molecule has 2 rings (SSSR count). The summed E-state index contributed by atoms with van der Waals surface area (Å²) in [7, 11) is 0. The molecule has 0 N–H and O–H groups in total. The molecule has 94 valence electrons. The molecule has 0 atom stereocenters. The highest BCUT2D eigenvalue weighted by Crippen LogP contribution is 2.23. The fourth-order valence-corrected chi connectivity index (χ4v) is 2.43. The van der Waals surface area contributed by atoms with Gasteiger partial charge in [-0.15, -0.1) is 11.6 Å². The summed E-state index contributed by atoms with van der Waals surface area (Å²) >= 11 is 5.89. The maximum absolute atomic E-state index is 5.89. The molecule has 1 aromatic rings. The number of halogens is 1. The van der Waals surface area contributed by atoms with Crippen molar-refractivity contribution in [2.24, 2.45) is 5.92 Å². The third-order valence-corrected chi connectivity index (χ3v) is 3.59.